The van der Waals surface area contributed by atoms with E-state index in [9.17, 15) is 9.59 Å². The van der Waals surface area contributed by atoms with Gasteiger partial charge in [0, 0.05) is 29.8 Å². The highest BCUT2D eigenvalue weighted by Crippen LogP contribution is 2.24. The molecule has 0 unspecified atom stereocenters. The standard InChI is InChI=1S/C25H29N3O2/c1-16(2)19-10-12-21(13-11-19)28-17(3)14-22(18(28)4)25(30)27-23-9-7-6-8-20(23)15-24(29)26-5/h6-14,16H,15H2,1-5H3,(H,26,29)(H,27,30). The molecule has 0 aliphatic carbocycles. The predicted molar refractivity (Wildman–Crippen MR) is 121 cm³/mol. The molecule has 2 N–H and O–H groups in total. The summed E-state index contributed by atoms with van der Waals surface area (Å²) in [6.07, 6.45) is 0.216. The average Bonchev–Trinajstić information content (AvgIpc) is 3.03. The summed E-state index contributed by atoms with van der Waals surface area (Å²) >= 11 is 0. The van der Waals surface area contributed by atoms with Gasteiger partial charge in [-0.3, -0.25) is 9.59 Å². The second-order valence-electron chi connectivity index (χ2n) is 7.83. The maximum Gasteiger partial charge on any atom is 0.257 e. The highest BCUT2D eigenvalue weighted by molar-refractivity contribution is 6.06. The molecule has 0 bridgehead atoms. The van der Waals surface area contributed by atoms with Crippen LogP contribution in [-0.2, 0) is 11.2 Å². The van der Waals surface area contributed by atoms with Crippen LogP contribution in [0.4, 0.5) is 5.69 Å². The van der Waals surface area contributed by atoms with Crippen molar-refractivity contribution in [3.63, 3.8) is 0 Å². The number of carbonyl (C=O) groups is 2. The molecule has 3 aromatic rings. The summed E-state index contributed by atoms with van der Waals surface area (Å²) in [5.41, 5.74) is 6.25. The van der Waals surface area contributed by atoms with Gasteiger partial charge in [0.25, 0.3) is 5.91 Å². The van der Waals surface area contributed by atoms with Crippen molar-refractivity contribution >= 4 is 17.5 Å². The van der Waals surface area contributed by atoms with Crippen molar-refractivity contribution in [2.24, 2.45) is 0 Å². The van der Waals surface area contributed by atoms with Gasteiger partial charge in [-0.25, -0.2) is 0 Å². The first-order valence-electron chi connectivity index (χ1n) is 10.2. The van der Waals surface area contributed by atoms with Gasteiger partial charge in [-0.15, -0.1) is 0 Å². The number of aromatic nitrogens is 1. The second-order valence-corrected chi connectivity index (χ2v) is 7.83. The van der Waals surface area contributed by atoms with Gasteiger partial charge in [-0.2, -0.15) is 0 Å². The molecule has 0 aliphatic heterocycles. The maximum absolute atomic E-state index is 13.1. The lowest BCUT2D eigenvalue weighted by molar-refractivity contribution is -0.119. The van der Waals surface area contributed by atoms with Crippen molar-refractivity contribution in [3.8, 4) is 5.69 Å². The minimum absolute atomic E-state index is 0.0975. The fourth-order valence-corrected chi connectivity index (χ4v) is 3.65. The third-order valence-electron chi connectivity index (χ3n) is 5.39. The van der Waals surface area contributed by atoms with Crippen molar-refractivity contribution in [1.82, 2.24) is 9.88 Å². The summed E-state index contributed by atoms with van der Waals surface area (Å²) in [7, 11) is 1.60. The largest absolute Gasteiger partial charge is 0.359 e. The summed E-state index contributed by atoms with van der Waals surface area (Å²) < 4.78 is 2.09. The molecule has 1 aromatic heterocycles. The quantitative estimate of drug-likeness (QED) is 0.623. The molecule has 30 heavy (non-hydrogen) atoms. The Morgan fingerprint density at radius 3 is 2.30 bits per heavy atom. The first-order valence-corrected chi connectivity index (χ1v) is 10.2. The Balaban J connectivity index is 1.88. The van der Waals surface area contributed by atoms with Crippen LogP contribution in [0.2, 0.25) is 0 Å². The van der Waals surface area contributed by atoms with Crippen LogP contribution in [0.25, 0.3) is 5.69 Å². The monoisotopic (exact) mass is 403 g/mol. The number of amides is 2. The minimum atomic E-state index is -0.183. The first-order chi connectivity index (χ1) is 14.3. The molecule has 0 fully saturated rings. The maximum atomic E-state index is 13.1. The summed E-state index contributed by atoms with van der Waals surface area (Å²) in [5.74, 6) is 0.194. The third kappa shape index (κ3) is 4.46. The fourth-order valence-electron chi connectivity index (χ4n) is 3.65. The van der Waals surface area contributed by atoms with E-state index in [0.29, 0.717) is 17.2 Å². The van der Waals surface area contributed by atoms with Gasteiger partial charge < -0.3 is 15.2 Å². The van der Waals surface area contributed by atoms with Crippen LogP contribution in [-0.4, -0.2) is 23.4 Å². The van der Waals surface area contributed by atoms with Gasteiger partial charge in [0.1, 0.15) is 0 Å². The number of likely N-dealkylation sites (N-methyl/N-ethyl adjacent to an activating group) is 1. The topological polar surface area (TPSA) is 63.1 Å². The Morgan fingerprint density at radius 2 is 1.67 bits per heavy atom. The zero-order chi connectivity index (χ0) is 21.8. The number of carbonyl (C=O) groups excluding carboxylic acids is 2. The van der Waals surface area contributed by atoms with Gasteiger partial charge >= 0.3 is 0 Å². The molecule has 5 heteroatoms. The molecule has 0 aliphatic rings. The Morgan fingerprint density at radius 1 is 1.00 bits per heavy atom. The molecule has 2 aromatic carbocycles. The number of nitrogens with one attached hydrogen (secondary N) is 2. The van der Waals surface area contributed by atoms with Crippen LogP contribution in [0, 0.1) is 13.8 Å². The van der Waals surface area contributed by atoms with E-state index in [-0.39, 0.29) is 18.2 Å². The van der Waals surface area contributed by atoms with E-state index in [1.165, 1.54) is 5.56 Å². The van der Waals surface area contributed by atoms with Crippen molar-refractivity contribution in [3.05, 3.63) is 82.7 Å². The van der Waals surface area contributed by atoms with Crippen molar-refractivity contribution in [2.45, 2.75) is 40.0 Å². The summed E-state index contributed by atoms with van der Waals surface area (Å²) in [5, 5.41) is 5.60. The highest BCUT2D eigenvalue weighted by atomic mass is 16.2. The van der Waals surface area contributed by atoms with Crippen LogP contribution in [0.1, 0.15) is 52.6 Å². The second kappa shape index (κ2) is 8.99. The summed E-state index contributed by atoms with van der Waals surface area (Å²) in [6, 6.07) is 17.7. The number of aryl methyl sites for hydroxylation is 1. The van der Waals surface area contributed by atoms with E-state index in [2.05, 4.69) is 53.3 Å². The smallest absolute Gasteiger partial charge is 0.257 e. The van der Waals surface area contributed by atoms with Gasteiger partial charge in [-0.05, 0) is 55.2 Å². The molecule has 0 atom stereocenters. The molecule has 0 saturated carbocycles. The van der Waals surface area contributed by atoms with Crippen molar-refractivity contribution < 1.29 is 9.59 Å². The molecule has 5 nitrogen and oxygen atoms in total. The normalized spacial score (nSPS) is 10.9. The lowest BCUT2D eigenvalue weighted by atomic mass is 10.0. The number of hydrogen-bond acceptors (Lipinski definition) is 2. The van der Waals surface area contributed by atoms with Gasteiger partial charge in [0.05, 0.1) is 12.0 Å². The van der Waals surface area contributed by atoms with E-state index in [1.54, 1.807) is 7.05 Å². The first kappa shape index (κ1) is 21.4. The van der Waals surface area contributed by atoms with Crippen LogP contribution in [0.3, 0.4) is 0 Å². The number of anilines is 1. The van der Waals surface area contributed by atoms with Crippen LogP contribution < -0.4 is 10.6 Å². The Labute approximate surface area is 178 Å². The van der Waals surface area contributed by atoms with E-state index >= 15 is 0 Å². The van der Waals surface area contributed by atoms with Gasteiger partial charge in [0.2, 0.25) is 5.91 Å². The van der Waals surface area contributed by atoms with Crippen LogP contribution >= 0.6 is 0 Å². The Kier molecular flexibility index (Phi) is 6.40. The molecule has 156 valence electrons. The molecule has 1 heterocycles. The molecular formula is C25H29N3O2. The van der Waals surface area contributed by atoms with E-state index in [1.807, 2.05) is 44.2 Å². The summed E-state index contributed by atoms with van der Waals surface area (Å²) in [4.78, 5) is 24.8. The van der Waals surface area contributed by atoms with Crippen molar-refractivity contribution in [1.29, 1.82) is 0 Å². The van der Waals surface area contributed by atoms with E-state index in [0.717, 1.165) is 22.6 Å². The predicted octanol–water partition coefficient (Wildman–Crippen LogP) is 4.76. The number of nitrogens with zero attached hydrogens (tertiary/aromatic N) is 1. The van der Waals surface area contributed by atoms with E-state index in [4.69, 9.17) is 0 Å². The zero-order valence-corrected chi connectivity index (χ0v) is 18.2. The fraction of sp³-hybridized carbons (Fsp3) is 0.280. The minimum Gasteiger partial charge on any atom is -0.359 e. The van der Waals surface area contributed by atoms with Crippen LogP contribution in [0.15, 0.2) is 54.6 Å². The Hall–Kier alpha value is -3.34. The SMILES string of the molecule is CNC(=O)Cc1ccccc1NC(=O)c1cc(C)n(-c2ccc(C(C)C)cc2)c1C. The van der Waals surface area contributed by atoms with E-state index < -0.39 is 0 Å². The zero-order valence-electron chi connectivity index (χ0n) is 18.2. The van der Waals surface area contributed by atoms with Gasteiger partial charge in [-0.1, -0.05) is 44.2 Å². The van der Waals surface area contributed by atoms with Crippen LogP contribution in [0.5, 0.6) is 0 Å². The molecule has 0 spiro atoms. The lowest BCUT2D eigenvalue weighted by Crippen LogP contribution is -2.21. The number of hydrogen-bond donors (Lipinski definition) is 2. The lowest BCUT2D eigenvalue weighted by Gasteiger charge is -2.13. The number of rotatable bonds is 6. The third-order valence-corrected chi connectivity index (χ3v) is 5.39. The number of para-hydroxylation sites is 1. The Bertz CT molecular complexity index is 1060. The molecule has 2 amide bonds. The molecule has 3 rings (SSSR count). The average molecular weight is 404 g/mol. The molecular weight excluding hydrogens is 374 g/mol. The highest BCUT2D eigenvalue weighted by Gasteiger charge is 2.18. The van der Waals surface area contributed by atoms with Gasteiger partial charge in [0.15, 0.2) is 0 Å². The number of benzene rings is 2. The summed E-state index contributed by atoms with van der Waals surface area (Å²) in [6.45, 7) is 8.30. The van der Waals surface area contributed by atoms with Crippen molar-refractivity contribution in [2.75, 3.05) is 12.4 Å². The molecule has 0 radical (unpaired) electrons. The molecule has 0 saturated heterocycles.